The third-order valence-corrected chi connectivity index (χ3v) is 2.01. The summed E-state index contributed by atoms with van der Waals surface area (Å²) in [7, 11) is 1.62. The van der Waals surface area contributed by atoms with Gasteiger partial charge in [-0.1, -0.05) is 0 Å². The number of rotatable bonds is 1. The molecule has 0 aliphatic rings. The lowest BCUT2D eigenvalue weighted by Gasteiger charge is -1.92. The second-order valence-electron chi connectivity index (χ2n) is 2.94. The van der Waals surface area contributed by atoms with Crippen LogP contribution in [0.15, 0.2) is 18.2 Å². The fourth-order valence-corrected chi connectivity index (χ4v) is 1.40. The van der Waals surface area contributed by atoms with Crippen molar-refractivity contribution in [3.05, 3.63) is 29.7 Å². The normalized spacial score (nSPS) is 10.7. The van der Waals surface area contributed by atoms with E-state index in [2.05, 4.69) is 5.10 Å². The third kappa shape index (κ3) is 1.14. The summed E-state index contributed by atoms with van der Waals surface area (Å²) in [6.07, 6.45) is 0. The smallest absolute Gasteiger partial charge is 0.357 e. The Hall–Kier alpha value is -1.91. The van der Waals surface area contributed by atoms with Crippen LogP contribution in [0.5, 0.6) is 0 Å². The predicted molar refractivity (Wildman–Crippen MR) is 47.6 cm³/mol. The fourth-order valence-electron chi connectivity index (χ4n) is 1.40. The summed E-state index contributed by atoms with van der Waals surface area (Å²) in [4.78, 5) is 10.7. The first-order chi connectivity index (χ1) is 6.59. The molecular weight excluding hydrogens is 187 g/mol. The lowest BCUT2D eigenvalue weighted by Crippen LogP contribution is -1.99. The number of aromatic nitrogens is 2. The molecule has 5 heteroatoms. The van der Waals surface area contributed by atoms with Crippen LogP contribution in [-0.2, 0) is 7.05 Å². The minimum absolute atomic E-state index is 0.123. The van der Waals surface area contributed by atoms with Gasteiger partial charge in [-0.25, -0.2) is 9.18 Å². The van der Waals surface area contributed by atoms with E-state index in [4.69, 9.17) is 5.11 Å². The number of halogens is 1. The molecule has 0 unspecified atom stereocenters. The van der Waals surface area contributed by atoms with E-state index in [0.717, 1.165) is 0 Å². The van der Waals surface area contributed by atoms with Crippen molar-refractivity contribution in [2.75, 3.05) is 0 Å². The number of aromatic carboxylic acids is 1. The van der Waals surface area contributed by atoms with Gasteiger partial charge in [0.15, 0.2) is 5.69 Å². The molecule has 1 N–H and O–H groups in total. The maximum Gasteiger partial charge on any atom is 0.357 e. The number of hydrogen-bond donors (Lipinski definition) is 1. The SMILES string of the molecule is Cn1nc(C(=O)O)c2cc(F)ccc21. The van der Waals surface area contributed by atoms with Gasteiger partial charge in [0.1, 0.15) is 5.82 Å². The Morgan fingerprint density at radius 2 is 2.29 bits per heavy atom. The zero-order valence-electron chi connectivity index (χ0n) is 7.36. The Bertz CT molecular complexity index is 519. The molecule has 0 aliphatic carbocycles. The largest absolute Gasteiger partial charge is 0.476 e. The molecule has 1 aromatic carbocycles. The van der Waals surface area contributed by atoms with E-state index in [0.29, 0.717) is 10.9 Å². The zero-order chi connectivity index (χ0) is 10.3. The van der Waals surface area contributed by atoms with Gasteiger partial charge in [0, 0.05) is 12.4 Å². The van der Waals surface area contributed by atoms with Crippen LogP contribution < -0.4 is 0 Å². The summed E-state index contributed by atoms with van der Waals surface area (Å²) in [6, 6.07) is 3.95. The Morgan fingerprint density at radius 3 is 2.93 bits per heavy atom. The maximum atomic E-state index is 12.9. The molecule has 0 saturated carbocycles. The minimum atomic E-state index is -1.15. The fraction of sp³-hybridized carbons (Fsp3) is 0.111. The van der Waals surface area contributed by atoms with Gasteiger partial charge in [-0.15, -0.1) is 0 Å². The van der Waals surface area contributed by atoms with Crippen LogP contribution in [0.4, 0.5) is 4.39 Å². The van der Waals surface area contributed by atoms with Crippen LogP contribution in [0.2, 0.25) is 0 Å². The van der Waals surface area contributed by atoms with Crippen LogP contribution in [0.3, 0.4) is 0 Å². The van der Waals surface area contributed by atoms with Crippen LogP contribution >= 0.6 is 0 Å². The van der Waals surface area contributed by atoms with Gasteiger partial charge in [-0.3, -0.25) is 4.68 Å². The van der Waals surface area contributed by atoms with Gasteiger partial charge < -0.3 is 5.11 Å². The second-order valence-corrected chi connectivity index (χ2v) is 2.94. The molecule has 0 spiro atoms. The summed E-state index contributed by atoms with van der Waals surface area (Å²) in [6.45, 7) is 0. The Morgan fingerprint density at radius 1 is 1.57 bits per heavy atom. The van der Waals surface area contributed by atoms with Crippen molar-refractivity contribution in [2.24, 2.45) is 7.05 Å². The monoisotopic (exact) mass is 194 g/mol. The van der Waals surface area contributed by atoms with Gasteiger partial charge in [0.25, 0.3) is 0 Å². The zero-order valence-corrected chi connectivity index (χ0v) is 7.36. The minimum Gasteiger partial charge on any atom is -0.476 e. The van der Waals surface area contributed by atoms with E-state index < -0.39 is 11.8 Å². The summed E-state index contributed by atoms with van der Waals surface area (Å²) >= 11 is 0. The van der Waals surface area contributed by atoms with Gasteiger partial charge in [0.05, 0.1) is 5.52 Å². The van der Waals surface area contributed by atoms with Gasteiger partial charge in [-0.05, 0) is 18.2 Å². The summed E-state index contributed by atoms with van der Waals surface area (Å²) < 4.78 is 14.3. The molecular formula is C9H7FN2O2. The summed E-state index contributed by atoms with van der Waals surface area (Å²) in [5, 5.41) is 12.9. The molecule has 2 aromatic rings. The highest BCUT2D eigenvalue weighted by atomic mass is 19.1. The average Bonchev–Trinajstić information content (AvgIpc) is 2.43. The van der Waals surface area contributed by atoms with Gasteiger partial charge in [-0.2, -0.15) is 5.10 Å². The number of carboxylic acid groups (broad SMARTS) is 1. The molecule has 0 atom stereocenters. The molecule has 0 aliphatic heterocycles. The number of fused-ring (bicyclic) bond motifs is 1. The molecule has 0 fully saturated rings. The van der Waals surface area contributed by atoms with E-state index in [1.807, 2.05) is 0 Å². The van der Waals surface area contributed by atoms with Crippen molar-refractivity contribution < 1.29 is 14.3 Å². The van der Waals surface area contributed by atoms with Crippen molar-refractivity contribution in [1.29, 1.82) is 0 Å². The lowest BCUT2D eigenvalue weighted by atomic mass is 10.2. The molecule has 0 saturated heterocycles. The van der Waals surface area contributed by atoms with Crippen LogP contribution in [0.25, 0.3) is 10.9 Å². The van der Waals surface area contributed by atoms with Crippen molar-refractivity contribution in [2.45, 2.75) is 0 Å². The van der Waals surface area contributed by atoms with Gasteiger partial charge in [0.2, 0.25) is 0 Å². The third-order valence-electron chi connectivity index (χ3n) is 2.01. The number of hydrogen-bond acceptors (Lipinski definition) is 2. The molecule has 14 heavy (non-hydrogen) atoms. The maximum absolute atomic E-state index is 12.9. The van der Waals surface area contributed by atoms with Crippen LogP contribution in [-0.4, -0.2) is 20.9 Å². The standard InChI is InChI=1S/C9H7FN2O2/c1-12-7-3-2-5(10)4-6(7)8(11-12)9(13)14/h2-4H,1H3,(H,13,14). The molecule has 2 rings (SSSR count). The lowest BCUT2D eigenvalue weighted by molar-refractivity contribution is 0.0691. The topological polar surface area (TPSA) is 55.1 Å². The summed E-state index contributed by atoms with van der Waals surface area (Å²) in [5.41, 5.74) is 0.478. The molecule has 0 bridgehead atoms. The first-order valence-electron chi connectivity index (χ1n) is 3.95. The van der Waals surface area contributed by atoms with Gasteiger partial charge >= 0.3 is 5.97 Å². The van der Waals surface area contributed by atoms with E-state index in [-0.39, 0.29) is 5.69 Å². The van der Waals surface area contributed by atoms with Crippen LogP contribution in [0.1, 0.15) is 10.5 Å². The number of aryl methyl sites for hydroxylation is 1. The van der Waals surface area contributed by atoms with Crippen molar-refractivity contribution in [3.63, 3.8) is 0 Å². The second kappa shape index (κ2) is 2.80. The first kappa shape index (κ1) is 8.68. The number of benzene rings is 1. The highest BCUT2D eigenvalue weighted by Crippen LogP contribution is 2.18. The van der Waals surface area contributed by atoms with Crippen molar-refractivity contribution in [3.8, 4) is 0 Å². The van der Waals surface area contributed by atoms with E-state index in [1.165, 1.54) is 22.9 Å². The highest BCUT2D eigenvalue weighted by molar-refractivity contribution is 6.01. The number of carboxylic acids is 1. The van der Waals surface area contributed by atoms with Crippen molar-refractivity contribution >= 4 is 16.9 Å². The Balaban J connectivity index is 2.85. The molecule has 72 valence electrons. The molecule has 0 radical (unpaired) electrons. The highest BCUT2D eigenvalue weighted by Gasteiger charge is 2.14. The summed E-state index contributed by atoms with van der Waals surface area (Å²) in [5.74, 6) is -1.62. The van der Waals surface area contributed by atoms with E-state index >= 15 is 0 Å². The van der Waals surface area contributed by atoms with Crippen molar-refractivity contribution in [1.82, 2.24) is 9.78 Å². The molecule has 4 nitrogen and oxygen atoms in total. The van der Waals surface area contributed by atoms with E-state index in [9.17, 15) is 9.18 Å². The average molecular weight is 194 g/mol. The number of carbonyl (C=O) groups is 1. The molecule has 1 aromatic heterocycles. The molecule has 0 amide bonds. The predicted octanol–water partition coefficient (Wildman–Crippen LogP) is 1.41. The Labute approximate surface area is 78.6 Å². The van der Waals surface area contributed by atoms with Crippen LogP contribution in [0, 0.1) is 5.82 Å². The van der Waals surface area contributed by atoms with E-state index in [1.54, 1.807) is 7.05 Å². The number of nitrogens with zero attached hydrogens (tertiary/aromatic N) is 2. The molecule has 1 heterocycles. The quantitative estimate of drug-likeness (QED) is 0.746. The Kier molecular flexibility index (Phi) is 1.73. The first-order valence-corrected chi connectivity index (χ1v) is 3.95.